The molecule has 0 aliphatic carbocycles. The fourth-order valence-corrected chi connectivity index (χ4v) is 1.49. The van der Waals surface area contributed by atoms with Crippen LogP contribution in [0.4, 0.5) is 4.39 Å². The van der Waals surface area contributed by atoms with Crippen molar-refractivity contribution in [2.24, 2.45) is 5.73 Å². The van der Waals surface area contributed by atoms with Crippen molar-refractivity contribution in [2.75, 3.05) is 0 Å². The Bertz CT molecular complexity index is 527. The van der Waals surface area contributed by atoms with Crippen molar-refractivity contribution in [1.82, 2.24) is 10.1 Å². The lowest BCUT2D eigenvalue weighted by atomic mass is 10.2. The van der Waals surface area contributed by atoms with E-state index in [1.165, 1.54) is 12.1 Å². The van der Waals surface area contributed by atoms with Crippen molar-refractivity contribution in [1.29, 1.82) is 0 Å². The molecule has 4 nitrogen and oxygen atoms in total. The molecule has 2 rings (SSSR count). The van der Waals surface area contributed by atoms with Crippen LogP contribution in [0.15, 0.2) is 22.7 Å². The molecule has 0 spiro atoms. The fourth-order valence-electron chi connectivity index (χ4n) is 1.37. The fraction of sp³-hybridized carbons (Fsp3) is 0.273. The first-order valence-electron chi connectivity index (χ1n) is 5.10. The molecule has 0 bridgehead atoms. The summed E-state index contributed by atoms with van der Waals surface area (Å²) < 4.78 is 18.3. The van der Waals surface area contributed by atoms with Crippen molar-refractivity contribution in [2.45, 2.75) is 19.4 Å². The summed E-state index contributed by atoms with van der Waals surface area (Å²) in [6, 6.07) is 4.27. The molecular formula is C11H11ClFN3O. The maximum Gasteiger partial charge on any atom is 0.258 e. The van der Waals surface area contributed by atoms with Gasteiger partial charge in [0.05, 0.1) is 5.02 Å². The largest absolute Gasteiger partial charge is 0.334 e. The van der Waals surface area contributed by atoms with E-state index >= 15 is 0 Å². The predicted molar refractivity (Wildman–Crippen MR) is 62.1 cm³/mol. The molecule has 0 fully saturated rings. The molecule has 1 aromatic heterocycles. The number of halogens is 2. The Morgan fingerprint density at radius 1 is 1.53 bits per heavy atom. The molecule has 1 aromatic carbocycles. The van der Waals surface area contributed by atoms with E-state index in [-0.39, 0.29) is 17.0 Å². The van der Waals surface area contributed by atoms with Crippen LogP contribution >= 0.6 is 11.6 Å². The van der Waals surface area contributed by atoms with Gasteiger partial charge < -0.3 is 10.3 Å². The highest BCUT2D eigenvalue weighted by Gasteiger charge is 2.11. The van der Waals surface area contributed by atoms with Gasteiger partial charge in [-0.3, -0.25) is 0 Å². The lowest BCUT2D eigenvalue weighted by Gasteiger charge is -1.97. The molecule has 90 valence electrons. The van der Waals surface area contributed by atoms with Gasteiger partial charge in [-0.05, 0) is 25.1 Å². The van der Waals surface area contributed by atoms with E-state index in [4.69, 9.17) is 21.9 Å². The van der Waals surface area contributed by atoms with Crippen molar-refractivity contribution >= 4 is 11.6 Å². The Balaban J connectivity index is 2.27. The quantitative estimate of drug-likeness (QED) is 0.915. The van der Waals surface area contributed by atoms with Crippen molar-refractivity contribution in [3.05, 3.63) is 34.9 Å². The summed E-state index contributed by atoms with van der Waals surface area (Å²) >= 11 is 5.58. The minimum atomic E-state index is -0.517. The summed E-state index contributed by atoms with van der Waals surface area (Å²) in [4.78, 5) is 4.12. The summed E-state index contributed by atoms with van der Waals surface area (Å²) in [6.07, 6.45) is 0.513. The molecule has 1 heterocycles. The second-order valence-electron chi connectivity index (χ2n) is 3.83. The Labute approximate surface area is 103 Å². The molecule has 0 aliphatic heterocycles. The topological polar surface area (TPSA) is 64.9 Å². The van der Waals surface area contributed by atoms with Crippen LogP contribution in [0.2, 0.25) is 5.02 Å². The molecule has 0 amide bonds. The Morgan fingerprint density at radius 2 is 2.29 bits per heavy atom. The zero-order valence-corrected chi connectivity index (χ0v) is 9.91. The first kappa shape index (κ1) is 12.0. The average Bonchev–Trinajstić information content (AvgIpc) is 2.69. The van der Waals surface area contributed by atoms with E-state index in [1.54, 1.807) is 6.07 Å². The van der Waals surface area contributed by atoms with Crippen LogP contribution in [0.25, 0.3) is 11.5 Å². The van der Waals surface area contributed by atoms with Crippen molar-refractivity contribution in [3.63, 3.8) is 0 Å². The molecule has 1 unspecified atom stereocenters. The second kappa shape index (κ2) is 4.81. The highest BCUT2D eigenvalue weighted by molar-refractivity contribution is 6.30. The van der Waals surface area contributed by atoms with Gasteiger partial charge >= 0.3 is 0 Å². The third-order valence-electron chi connectivity index (χ3n) is 2.14. The van der Waals surface area contributed by atoms with Gasteiger partial charge in [-0.2, -0.15) is 4.98 Å². The van der Waals surface area contributed by atoms with Gasteiger partial charge in [0.15, 0.2) is 5.82 Å². The van der Waals surface area contributed by atoms with Crippen LogP contribution in [-0.2, 0) is 6.42 Å². The van der Waals surface area contributed by atoms with Gasteiger partial charge in [-0.1, -0.05) is 16.8 Å². The molecule has 0 radical (unpaired) electrons. The Morgan fingerprint density at radius 3 is 2.94 bits per heavy atom. The van der Waals surface area contributed by atoms with E-state index in [0.29, 0.717) is 17.8 Å². The Hall–Kier alpha value is -1.46. The van der Waals surface area contributed by atoms with Gasteiger partial charge in [0.1, 0.15) is 5.82 Å². The van der Waals surface area contributed by atoms with Gasteiger partial charge in [0.2, 0.25) is 0 Å². The highest BCUT2D eigenvalue weighted by atomic mass is 35.5. The number of benzene rings is 1. The summed E-state index contributed by atoms with van der Waals surface area (Å²) in [6.45, 7) is 1.85. The number of rotatable bonds is 3. The van der Waals surface area contributed by atoms with Crippen LogP contribution in [0.1, 0.15) is 12.7 Å². The summed E-state index contributed by atoms with van der Waals surface area (Å²) in [7, 11) is 0. The van der Waals surface area contributed by atoms with E-state index < -0.39 is 5.82 Å². The number of hydrogen-bond acceptors (Lipinski definition) is 4. The lowest BCUT2D eigenvalue weighted by molar-refractivity contribution is 0.420. The number of aromatic nitrogens is 2. The Kier molecular flexibility index (Phi) is 3.40. The number of nitrogens with zero attached hydrogens (tertiary/aromatic N) is 2. The molecule has 2 N–H and O–H groups in total. The van der Waals surface area contributed by atoms with Gasteiger partial charge in [-0.15, -0.1) is 0 Å². The summed E-state index contributed by atoms with van der Waals surface area (Å²) in [5.41, 5.74) is 6.11. The third kappa shape index (κ3) is 2.81. The zero-order valence-electron chi connectivity index (χ0n) is 9.15. The molecule has 1 atom stereocenters. The first-order valence-corrected chi connectivity index (χ1v) is 5.47. The molecule has 0 aliphatic rings. The maximum atomic E-state index is 13.2. The second-order valence-corrected chi connectivity index (χ2v) is 4.23. The zero-order chi connectivity index (χ0) is 12.4. The lowest BCUT2D eigenvalue weighted by Crippen LogP contribution is -2.18. The maximum absolute atomic E-state index is 13.2. The van der Waals surface area contributed by atoms with Gasteiger partial charge in [0.25, 0.3) is 5.89 Å². The smallest absolute Gasteiger partial charge is 0.258 e. The monoisotopic (exact) mass is 255 g/mol. The van der Waals surface area contributed by atoms with Crippen molar-refractivity contribution in [3.8, 4) is 11.5 Å². The molecule has 0 saturated carbocycles. The molecular weight excluding hydrogens is 245 g/mol. The van der Waals surface area contributed by atoms with Crippen LogP contribution in [0, 0.1) is 5.82 Å². The van der Waals surface area contributed by atoms with Crippen LogP contribution in [0.5, 0.6) is 0 Å². The van der Waals surface area contributed by atoms with Crippen LogP contribution in [0.3, 0.4) is 0 Å². The summed E-state index contributed by atoms with van der Waals surface area (Å²) in [5, 5.41) is 3.82. The molecule has 6 heteroatoms. The summed E-state index contributed by atoms with van der Waals surface area (Å²) in [5.74, 6) is 0.248. The predicted octanol–water partition coefficient (Wildman–Crippen LogP) is 2.42. The third-order valence-corrected chi connectivity index (χ3v) is 2.45. The molecule has 17 heavy (non-hydrogen) atoms. The van der Waals surface area contributed by atoms with Crippen LogP contribution < -0.4 is 5.73 Å². The van der Waals surface area contributed by atoms with Crippen molar-refractivity contribution < 1.29 is 8.91 Å². The highest BCUT2D eigenvalue weighted by Crippen LogP contribution is 2.22. The minimum Gasteiger partial charge on any atom is -0.334 e. The minimum absolute atomic E-state index is 0.0533. The standard InChI is InChI=1S/C11H11ClFN3O/c1-6(14)4-10-15-11(17-16-10)7-2-3-8(12)9(13)5-7/h2-3,5-6H,4,14H2,1H3. The van der Waals surface area contributed by atoms with E-state index in [0.717, 1.165) is 0 Å². The molecule has 2 aromatic rings. The molecule has 0 saturated heterocycles. The number of nitrogens with two attached hydrogens (primary N) is 1. The van der Waals surface area contributed by atoms with E-state index in [9.17, 15) is 4.39 Å². The SMILES string of the molecule is CC(N)Cc1noc(-c2ccc(Cl)c(F)c2)n1. The average molecular weight is 256 g/mol. The normalized spacial score (nSPS) is 12.7. The first-order chi connectivity index (χ1) is 8.06. The van der Waals surface area contributed by atoms with Gasteiger partial charge in [-0.25, -0.2) is 4.39 Å². The van der Waals surface area contributed by atoms with E-state index in [1.807, 2.05) is 6.92 Å². The van der Waals surface area contributed by atoms with E-state index in [2.05, 4.69) is 10.1 Å². The van der Waals surface area contributed by atoms with Crippen LogP contribution in [-0.4, -0.2) is 16.2 Å². The van der Waals surface area contributed by atoms with Gasteiger partial charge in [0, 0.05) is 18.0 Å². The number of hydrogen-bond donors (Lipinski definition) is 1.